The van der Waals surface area contributed by atoms with Crippen molar-refractivity contribution in [1.82, 2.24) is 4.98 Å². The van der Waals surface area contributed by atoms with Crippen LogP contribution in [0.1, 0.15) is 12.0 Å². The maximum atomic E-state index is 11.8. The molecule has 4 nitrogen and oxygen atoms in total. The summed E-state index contributed by atoms with van der Waals surface area (Å²) in [6, 6.07) is 1.52. The van der Waals surface area contributed by atoms with E-state index in [0.29, 0.717) is 12.0 Å². The lowest BCUT2D eigenvalue weighted by molar-refractivity contribution is -0.186. The van der Waals surface area contributed by atoms with E-state index in [4.69, 9.17) is 9.84 Å². The van der Waals surface area contributed by atoms with Crippen molar-refractivity contribution in [2.45, 2.75) is 12.6 Å². The van der Waals surface area contributed by atoms with Crippen LogP contribution < -0.4 is 4.74 Å². The monoisotopic (exact) mass is 275 g/mol. The van der Waals surface area contributed by atoms with Crippen molar-refractivity contribution in [2.75, 3.05) is 20.0 Å². The molecule has 1 rings (SSSR count). The first-order valence-corrected chi connectivity index (χ1v) is 5.33. The Labute approximate surface area is 108 Å². The third-order valence-electron chi connectivity index (χ3n) is 1.76. The second-order valence-corrected chi connectivity index (χ2v) is 3.41. The largest absolute Gasteiger partial charge is 0.466 e. The molecule has 0 unspecified atom stereocenters. The molecule has 0 aliphatic rings. The molecule has 0 bridgehead atoms. The zero-order valence-corrected chi connectivity index (χ0v) is 9.91. The zero-order valence-electron chi connectivity index (χ0n) is 9.91. The molecule has 0 aromatic carbocycles. The summed E-state index contributed by atoms with van der Waals surface area (Å²) in [6.07, 6.45) is -1.22. The standard InChI is InChI=1S/C12H12F3NO3/c13-12(14,15)8-18-9-19-11-5-10(6-16-7-11)3-1-2-4-17/h5-7,17H,2,4,8-9H2. The molecule has 7 heteroatoms. The number of hydrogen-bond donors (Lipinski definition) is 1. The summed E-state index contributed by atoms with van der Waals surface area (Å²) in [5, 5.41) is 8.56. The number of ether oxygens (including phenoxy) is 2. The second-order valence-electron chi connectivity index (χ2n) is 3.41. The summed E-state index contributed by atoms with van der Waals surface area (Å²) in [5.41, 5.74) is 0.543. The van der Waals surface area contributed by atoms with E-state index in [2.05, 4.69) is 21.6 Å². The first-order valence-electron chi connectivity index (χ1n) is 5.33. The van der Waals surface area contributed by atoms with E-state index in [0.717, 1.165) is 0 Å². The maximum absolute atomic E-state index is 11.8. The molecule has 1 heterocycles. The van der Waals surface area contributed by atoms with Gasteiger partial charge in [-0.1, -0.05) is 11.8 Å². The Hall–Kier alpha value is -1.78. The summed E-state index contributed by atoms with van der Waals surface area (Å²) in [6.45, 7) is -1.92. The number of nitrogens with zero attached hydrogens (tertiary/aromatic N) is 1. The van der Waals surface area contributed by atoms with Crippen molar-refractivity contribution in [3.05, 3.63) is 24.0 Å². The number of pyridine rings is 1. The molecule has 104 valence electrons. The Morgan fingerprint density at radius 1 is 1.32 bits per heavy atom. The molecule has 0 saturated carbocycles. The van der Waals surface area contributed by atoms with Crippen LogP contribution >= 0.6 is 0 Å². The van der Waals surface area contributed by atoms with Gasteiger partial charge >= 0.3 is 6.18 Å². The Kier molecular flexibility index (Phi) is 6.12. The lowest BCUT2D eigenvalue weighted by atomic mass is 10.2. The van der Waals surface area contributed by atoms with Crippen LogP contribution in [0.25, 0.3) is 0 Å². The van der Waals surface area contributed by atoms with Crippen molar-refractivity contribution < 1.29 is 27.8 Å². The fraction of sp³-hybridized carbons (Fsp3) is 0.417. The van der Waals surface area contributed by atoms with E-state index >= 15 is 0 Å². The summed E-state index contributed by atoms with van der Waals surface area (Å²) >= 11 is 0. The van der Waals surface area contributed by atoms with Crippen LogP contribution in [0.3, 0.4) is 0 Å². The van der Waals surface area contributed by atoms with Gasteiger partial charge in [-0.25, -0.2) is 0 Å². The molecule has 0 atom stereocenters. The SMILES string of the molecule is OCCC#Cc1cncc(OCOCC(F)(F)F)c1. The minimum atomic E-state index is -4.38. The highest BCUT2D eigenvalue weighted by atomic mass is 19.4. The van der Waals surface area contributed by atoms with Gasteiger partial charge in [0.2, 0.25) is 0 Å². The second kappa shape index (κ2) is 7.61. The average Bonchev–Trinajstić information content (AvgIpc) is 2.35. The van der Waals surface area contributed by atoms with Crippen LogP contribution in [0.4, 0.5) is 13.2 Å². The van der Waals surface area contributed by atoms with E-state index in [-0.39, 0.29) is 12.4 Å². The highest BCUT2D eigenvalue weighted by Crippen LogP contribution is 2.15. The van der Waals surface area contributed by atoms with E-state index in [1.54, 1.807) is 0 Å². The van der Waals surface area contributed by atoms with Crippen LogP contribution in [0.15, 0.2) is 18.5 Å². The number of aliphatic hydroxyl groups excluding tert-OH is 1. The van der Waals surface area contributed by atoms with Crippen LogP contribution in [0.5, 0.6) is 5.75 Å². The molecule has 1 N–H and O–H groups in total. The highest BCUT2D eigenvalue weighted by Gasteiger charge is 2.27. The molecule has 1 aromatic heterocycles. The lowest BCUT2D eigenvalue weighted by Gasteiger charge is -2.09. The fourth-order valence-corrected chi connectivity index (χ4v) is 1.05. The van der Waals surface area contributed by atoms with Gasteiger partial charge in [-0.05, 0) is 6.07 Å². The van der Waals surface area contributed by atoms with Gasteiger partial charge in [0.05, 0.1) is 12.8 Å². The molecule has 1 aromatic rings. The molecule has 0 spiro atoms. The minimum Gasteiger partial charge on any atom is -0.466 e. The summed E-state index contributed by atoms with van der Waals surface area (Å²) < 4.78 is 44.6. The Balaban J connectivity index is 2.43. The van der Waals surface area contributed by atoms with Crippen LogP contribution in [-0.2, 0) is 4.74 Å². The number of aromatic nitrogens is 1. The summed E-state index contributed by atoms with van der Waals surface area (Å²) in [7, 11) is 0. The van der Waals surface area contributed by atoms with E-state index < -0.39 is 19.6 Å². The summed E-state index contributed by atoms with van der Waals surface area (Å²) in [4.78, 5) is 3.82. The molecular weight excluding hydrogens is 263 g/mol. The quantitative estimate of drug-likeness (QED) is 0.505. The first kappa shape index (κ1) is 15.3. The Morgan fingerprint density at radius 2 is 2.11 bits per heavy atom. The average molecular weight is 275 g/mol. The van der Waals surface area contributed by atoms with Crippen molar-refractivity contribution >= 4 is 0 Å². The highest BCUT2D eigenvalue weighted by molar-refractivity contribution is 5.36. The number of rotatable bonds is 5. The van der Waals surface area contributed by atoms with Gasteiger partial charge in [-0.15, -0.1) is 0 Å². The smallest absolute Gasteiger partial charge is 0.411 e. The number of hydrogen-bond acceptors (Lipinski definition) is 4. The molecule has 0 fully saturated rings. The number of halogens is 3. The Morgan fingerprint density at radius 3 is 2.79 bits per heavy atom. The van der Waals surface area contributed by atoms with Crippen LogP contribution in [-0.4, -0.2) is 36.3 Å². The van der Waals surface area contributed by atoms with Gasteiger partial charge < -0.3 is 14.6 Å². The predicted octanol–water partition coefficient (Wildman–Crippen LogP) is 1.73. The van der Waals surface area contributed by atoms with Gasteiger partial charge in [-0.3, -0.25) is 4.98 Å². The molecular formula is C12H12F3NO3. The Bertz CT molecular complexity index is 452. The topological polar surface area (TPSA) is 51.6 Å². The number of aliphatic hydroxyl groups is 1. The molecule has 0 aliphatic heterocycles. The molecule has 19 heavy (non-hydrogen) atoms. The zero-order chi connectivity index (χ0) is 14.1. The molecule has 0 amide bonds. The minimum absolute atomic E-state index is 0.0398. The molecule has 0 aliphatic carbocycles. The van der Waals surface area contributed by atoms with Gasteiger partial charge in [0.25, 0.3) is 0 Å². The fourth-order valence-electron chi connectivity index (χ4n) is 1.05. The van der Waals surface area contributed by atoms with Gasteiger partial charge in [0, 0.05) is 18.2 Å². The van der Waals surface area contributed by atoms with Crippen molar-refractivity contribution in [2.24, 2.45) is 0 Å². The van der Waals surface area contributed by atoms with Gasteiger partial charge in [0.1, 0.15) is 12.4 Å². The van der Waals surface area contributed by atoms with Crippen molar-refractivity contribution in [1.29, 1.82) is 0 Å². The maximum Gasteiger partial charge on any atom is 0.411 e. The third kappa shape index (κ3) is 7.28. The molecule has 0 saturated heterocycles. The van der Waals surface area contributed by atoms with Crippen LogP contribution in [0, 0.1) is 11.8 Å². The number of alkyl halides is 3. The molecule has 0 radical (unpaired) electrons. The van der Waals surface area contributed by atoms with Gasteiger partial charge in [-0.2, -0.15) is 13.2 Å². The van der Waals surface area contributed by atoms with Gasteiger partial charge in [0.15, 0.2) is 6.79 Å². The van der Waals surface area contributed by atoms with E-state index in [1.807, 2.05) is 0 Å². The third-order valence-corrected chi connectivity index (χ3v) is 1.76. The van der Waals surface area contributed by atoms with E-state index in [1.165, 1.54) is 18.5 Å². The van der Waals surface area contributed by atoms with E-state index in [9.17, 15) is 13.2 Å². The summed E-state index contributed by atoms with van der Waals surface area (Å²) in [5.74, 6) is 5.68. The van der Waals surface area contributed by atoms with Crippen molar-refractivity contribution in [3.8, 4) is 17.6 Å². The predicted molar refractivity (Wildman–Crippen MR) is 60.3 cm³/mol. The first-order chi connectivity index (χ1) is 9.01. The van der Waals surface area contributed by atoms with Crippen LogP contribution in [0.2, 0.25) is 0 Å². The lowest BCUT2D eigenvalue weighted by Crippen LogP contribution is -2.19. The van der Waals surface area contributed by atoms with Crippen molar-refractivity contribution in [3.63, 3.8) is 0 Å². The normalized spacial score (nSPS) is 10.7.